The van der Waals surface area contributed by atoms with Gasteiger partial charge in [-0.2, -0.15) is 0 Å². The van der Waals surface area contributed by atoms with E-state index in [-0.39, 0.29) is 0 Å². The van der Waals surface area contributed by atoms with E-state index in [0.29, 0.717) is 24.9 Å². The third-order valence-electron chi connectivity index (χ3n) is 3.47. The van der Waals surface area contributed by atoms with Crippen LogP contribution in [-0.4, -0.2) is 30.0 Å². The Balaban J connectivity index is 2.51. The number of carboxylic acids is 1. The molecule has 0 aliphatic heterocycles. The van der Waals surface area contributed by atoms with Crippen LogP contribution < -0.4 is 4.74 Å². The monoisotopic (exact) mass is 250 g/mol. The largest absolute Gasteiger partial charge is 0.496 e. The van der Waals surface area contributed by atoms with Crippen molar-refractivity contribution in [1.29, 1.82) is 0 Å². The fourth-order valence-electron chi connectivity index (χ4n) is 2.53. The smallest absolute Gasteiger partial charge is 0.306 e. The summed E-state index contributed by atoms with van der Waals surface area (Å²) in [6.07, 6.45) is 1.62. The normalized spacial score (nSPS) is 18.0. The van der Waals surface area contributed by atoms with Crippen molar-refractivity contribution in [2.24, 2.45) is 5.92 Å². The molecule has 1 aliphatic carbocycles. The first-order chi connectivity index (χ1) is 8.54. The molecule has 0 saturated heterocycles. The van der Waals surface area contributed by atoms with Crippen molar-refractivity contribution >= 4 is 11.7 Å². The maximum atomic E-state index is 11.5. The summed E-state index contributed by atoms with van der Waals surface area (Å²) in [5.74, 6) is -0.481. The zero-order valence-electron chi connectivity index (χ0n) is 10.5. The second kappa shape index (κ2) is 4.76. The Morgan fingerprint density at radius 1 is 1.44 bits per heavy atom. The molecule has 1 aliphatic rings. The van der Waals surface area contributed by atoms with Crippen molar-refractivity contribution in [3.05, 3.63) is 28.2 Å². The summed E-state index contributed by atoms with van der Waals surface area (Å²) >= 11 is 0. The number of rotatable bonds is 3. The minimum Gasteiger partial charge on any atom is -0.496 e. The first kappa shape index (κ1) is 12.5. The minimum atomic E-state index is -0.803. The highest BCUT2D eigenvalue weighted by Crippen LogP contribution is 2.37. The van der Waals surface area contributed by atoms with Crippen LogP contribution in [0.4, 0.5) is 5.69 Å². The van der Waals surface area contributed by atoms with E-state index in [1.165, 1.54) is 7.05 Å². The number of hydrogen-bond acceptors (Lipinski definition) is 3. The van der Waals surface area contributed by atoms with Gasteiger partial charge in [0.2, 0.25) is 0 Å². The molecule has 1 aromatic rings. The number of nitrogens with zero attached hydrogens (tertiary/aromatic N) is 1. The van der Waals surface area contributed by atoms with Gasteiger partial charge in [-0.15, -0.1) is 0 Å². The molecule has 0 bridgehead atoms. The van der Waals surface area contributed by atoms with Gasteiger partial charge in [-0.3, -0.25) is 4.79 Å². The lowest BCUT2D eigenvalue weighted by atomic mass is 9.82. The lowest BCUT2D eigenvalue weighted by Gasteiger charge is -2.22. The van der Waals surface area contributed by atoms with Gasteiger partial charge in [0.1, 0.15) is 5.75 Å². The SMILES string of the molecule is COc1ccc([N+](C)=O)c2c1CC[C@H](C(=O)O)C2. The summed E-state index contributed by atoms with van der Waals surface area (Å²) in [5.41, 5.74) is 2.32. The molecule has 18 heavy (non-hydrogen) atoms. The van der Waals surface area contributed by atoms with Crippen LogP contribution in [0.25, 0.3) is 0 Å². The van der Waals surface area contributed by atoms with Crippen molar-refractivity contribution in [3.63, 3.8) is 0 Å². The van der Waals surface area contributed by atoms with Gasteiger partial charge >= 0.3 is 5.97 Å². The Morgan fingerprint density at radius 3 is 2.72 bits per heavy atom. The van der Waals surface area contributed by atoms with Gasteiger partial charge < -0.3 is 9.84 Å². The molecule has 0 radical (unpaired) electrons. The van der Waals surface area contributed by atoms with Gasteiger partial charge in [0.15, 0.2) is 7.05 Å². The van der Waals surface area contributed by atoms with Gasteiger partial charge in [-0.25, -0.2) is 0 Å². The Kier molecular flexibility index (Phi) is 3.32. The number of carbonyl (C=O) groups is 1. The summed E-state index contributed by atoms with van der Waals surface area (Å²) in [7, 11) is 3.01. The lowest BCUT2D eigenvalue weighted by Crippen LogP contribution is -2.23. The van der Waals surface area contributed by atoms with Crippen LogP contribution in [0.2, 0.25) is 0 Å². The molecule has 0 spiro atoms. The highest BCUT2D eigenvalue weighted by molar-refractivity contribution is 5.72. The summed E-state index contributed by atoms with van der Waals surface area (Å²) in [5, 5.41) is 9.10. The van der Waals surface area contributed by atoms with Crippen LogP contribution in [0.3, 0.4) is 0 Å². The molecular formula is C13H16NO4+. The third-order valence-corrected chi connectivity index (χ3v) is 3.47. The molecule has 0 aromatic heterocycles. The van der Waals surface area contributed by atoms with Gasteiger partial charge in [0.05, 0.1) is 13.0 Å². The maximum Gasteiger partial charge on any atom is 0.306 e. The second-order valence-corrected chi connectivity index (χ2v) is 4.52. The first-order valence-corrected chi connectivity index (χ1v) is 5.87. The molecular weight excluding hydrogens is 234 g/mol. The molecule has 0 unspecified atom stereocenters. The highest BCUT2D eigenvalue weighted by atomic mass is 16.5. The quantitative estimate of drug-likeness (QED) is 0.832. The van der Waals surface area contributed by atoms with Gasteiger partial charge in [0.25, 0.3) is 5.69 Å². The van der Waals surface area contributed by atoms with E-state index in [1.807, 2.05) is 0 Å². The molecule has 0 amide bonds. The fraction of sp³-hybridized carbons (Fsp3) is 0.462. The molecule has 0 saturated carbocycles. The van der Waals surface area contributed by atoms with Crippen molar-refractivity contribution in [2.75, 3.05) is 14.2 Å². The summed E-state index contributed by atoms with van der Waals surface area (Å²) < 4.78 is 6.06. The van der Waals surface area contributed by atoms with E-state index in [4.69, 9.17) is 9.84 Å². The van der Waals surface area contributed by atoms with E-state index in [9.17, 15) is 9.70 Å². The molecule has 2 rings (SSSR count). The fourth-order valence-corrected chi connectivity index (χ4v) is 2.53. The minimum absolute atomic E-state index is 0.393. The van der Waals surface area contributed by atoms with E-state index < -0.39 is 11.9 Å². The second-order valence-electron chi connectivity index (χ2n) is 4.52. The average molecular weight is 250 g/mol. The van der Waals surface area contributed by atoms with Crippen molar-refractivity contribution in [3.8, 4) is 5.75 Å². The summed E-state index contributed by atoms with van der Waals surface area (Å²) in [4.78, 5) is 22.6. The standard InChI is InChI=1S/C13H15NO4/c1-14(17)11-5-6-12(18-2)9-4-3-8(13(15)16)7-10(9)11/h5-6,8H,3-4,7H2,1-2H3/p+1/t8-/m0/s1. The number of aliphatic carboxylic acids is 1. The zero-order valence-corrected chi connectivity index (χ0v) is 10.5. The molecule has 96 valence electrons. The van der Waals surface area contributed by atoms with Crippen molar-refractivity contribution < 1.29 is 19.4 Å². The van der Waals surface area contributed by atoms with Crippen molar-refractivity contribution in [1.82, 2.24) is 0 Å². The summed E-state index contributed by atoms with van der Waals surface area (Å²) in [6.45, 7) is 0. The number of benzene rings is 1. The van der Waals surface area contributed by atoms with Gasteiger partial charge in [-0.05, 0) is 25.3 Å². The molecule has 1 aromatic carbocycles. The van der Waals surface area contributed by atoms with Gasteiger partial charge in [-0.1, -0.05) is 0 Å². The molecule has 1 N–H and O–H groups in total. The number of methoxy groups -OCH3 is 1. The van der Waals surface area contributed by atoms with Gasteiger partial charge in [0, 0.05) is 26.9 Å². The molecule has 0 heterocycles. The van der Waals surface area contributed by atoms with Crippen molar-refractivity contribution in [2.45, 2.75) is 19.3 Å². The van der Waals surface area contributed by atoms with E-state index >= 15 is 0 Å². The first-order valence-electron chi connectivity index (χ1n) is 5.87. The number of ether oxygens (including phenoxy) is 1. The summed E-state index contributed by atoms with van der Waals surface area (Å²) in [6, 6.07) is 3.46. The Bertz CT molecular complexity index is 510. The highest BCUT2D eigenvalue weighted by Gasteiger charge is 2.31. The van der Waals surface area contributed by atoms with Crippen LogP contribution in [0, 0.1) is 10.8 Å². The Morgan fingerprint density at radius 2 is 2.17 bits per heavy atom. The predicted molar refractivity (Wildman–Crippen MR) is 65.4 cm³/mol. The number of fused-ring (bicyclic) bond motifs is 1. The lowest BCUT2D eigenvalue weighted by molar-refractivity contribution is -0.429. The number of nitroso groups, excluding NO2 is 1. The number of carboxylic acid groups (broad SMARTS) is 1. The van der Waals surface area contributed by atoms with Crippen LogP contribution in [0.1, 0.15) is 17.5 Å². The topological polar surface area (TPSA) is 66.6 Å². The van der Waals surface area contributed by atoms with Crippen LogP contribution in [-0.2, 0) is 17.6 Å². The Labute approximate surface area is 105 Å². The predicted octanol–water partition coefficient (Wildman–Crippen LogP) is 1.92. The van der Waals surface area contributed by atoms with E-state index in [1.54, 1.807) is 19.2 Å². The average Bonchev–Trinajstić information content (AvgIpc) is 2.36. The maximum absolute atomic E-state index is 11.5. The third kappa shape index (κ3) is 2.08. The molecule has 5 nitrogen and oxygen atoms in total. The van der Waals surface area contributed by atoms with Crippen LogP contribution in [0.15, 0.2) is 12.1 Å². The molecule has 1 atom stereocenters. The number of hydrogen-bond donors (Lipinski definition) is 1. The van der Waals surface area contributed by atoms with Crippen LogP contribution >= 0.6 is 0 Å². The zero-order chi connectivity index (χ0) is 13.3. The molecule has 5 heteroatoms. The Hall–Kier alpha value is -1.91. The van der Waals surface area contributed by atoms with Crippen LogP contribution in [0.5, 0.6) is 5.75 Å². The van der Waals surface area contributed by atoms with E-state index in [2.05, 4.69) is 0 Å². The molecule has 0 fully saturated rings. The van der Waals surface area contributed by atoms with E-state index in [0.717, 1.165) is 21.6 Å².